The van der Waals surface area contributed by atoms with E-state index in [1.165, 1.54) is 0 Å². The van der Waals surface area contributed by atoms with Gasteiger partial charge in [0.1, 0.15) is 5.52 Å². The Morgan fingerprint density at radius 3 is 2.69 bits per heavy atom. The van der Waals surface area contributed by atoms with E-state index >= 15 is 0 Å². The fourth-order valence-electron chi connectivity index (χ4n) is 1.12. The quantitative estimate of drug-likeness (QED) is 0.700. The number of rotatable bonds is 1. The third-order valence-corrected chi connectivity index (χ3v) is 1.79. The van der Waals surface area contributed by atoms with Crippen LogP contribution in [0.4, 0.5) is 13.2 Å². The molecule has 8 heteroatoms. The summed E-state index contributed by atoms with van der Waals surface area (Å²) in [5, 5.41) is 3.37. The first kappa shape index (κ1) is 10.5. The summed E-state index contributed by atoms with van der Waals surface area (Å²) in [6.45, 7) is 1.15. The average Bonchev–Trinajstić information content (AvgIpc) is 2.58. The van der Waals surface area contributed by atoms with Crippen molar-refractivity contribution in [3.05, 3.63) is 17.8 Å². The lowest BCUT2D eigenvalue weighted by Crippen LogP contribution is -2.10. The van der Waals surface area contributed by atoms with Crippen LogP contribution in [0.1, 0.15) is 23.3 Å². The second-order valence-electron chi connectivity index (χ2n) is 2.99. The molecule has 2 aromatic rings. The van der Waals surface area contributed by atoms with Crippen LogP contribution >= 0.6 is 0 Å². The Kier molecular flexibility index (Phi) is 2.14. The zero-order chi connectivity index (χ0) is 11.9. The third kappa shape index (κ3) is 1.62. The maximum absolute atomic E-state index is 12.3. The van der Waals surface area contributed by atoms with Crippen LogP contribution < -0.4 is 0 Å². The molecule has 5 nitrogen and oxygen atoms in total. The summed E-state index contributed by atoms with van der Waals surface area (Å²) in [6.07, 6.45) is -3.80. The van der Waals surface area contributed by atoms with Gasteiger partial charge >= 0.3 is 6.18 Å². The minimum absolute atomic E-state index is 0.0122. The van der Waals surface area contributed by atoms with Crippen molar-refractivity contribution >= 4 is 16.8 Å². The monoisotopic (exact) mass is 231 g/mol. The predicted molar refractivity (Wildman–Crippen MR) is 44.6 cm³/mol. The molecule has 0 aliphatic carbocycles. The molecule has 0 aliphatic rings. The van der Waals surface area contributed by atoms with Crippen LogP contribution in [0.15, 0.2) is 10.7 Å². The van der Waals surface area contributed by atoms with Crippen molar-refractivity contribution in [1.29, 1.82) is 0 Å². The van der Waals surface area contributed by atoms with Gasteiger partial charge in [-0.3, -0.25) is 4.79 Å². The maximum atomic E-state index is 12.3. The van der Waals surface area contributed by atoms with E-state index < -0.39 is 17.8 Å². The Bertz CT molecular complexity index is 561. The largest absolute Gasteiger partial charge is 0.451 e. The number of nitrogens with zero attached hydrogens (tertiary/aromatic N) is 3. The summed E-state index contributed by atoms with van der Waals surface area (Å²) in [5.74, 6) is -2.18. The number of ketones is 1. The lowest BCUT2D eigenvalue weighted by molar-refractivity contribution is -0.144. The molecule has 0 bridgehead atoms. The fraction of sp³-hybridized carbons (Fsp3) is 0.250. The number of carbonyl (C=O) groups excluding carboxylic acids is 1. The van der Waals surface area contributed by atoms with Gasteiger partial charge in [0.2, 0.25) is 11.6 Å². The van der Waals surface area contributed by atoms with Gasteiger partial charge in [-0.25, -0.2) is 9.97 Å². The normalized spacial score (nSPS) is 12.0. The molecule has 0 unspecified atom stereocenters. The van der Waals surface area contributed by atoms with Gasteiger partial charge in [-0.15, -0.1) is 0 Å². The van der Waals surface area contributed by atoms with Gasteiger partial charge in [-0.1, -0.05) is 5.16 Å². The van der Waals surface area contributed by atoms with Gasteiger partial charge in [0, 0.05) is 6.92 Å². The summed E-state index contributed by atoms with van der Waals surface area (Å²) in [5.41, 5.74) is -0.215. The number of hydrogen-bond donors (Lipinski definition) is 0. The SMILES string of the molecule is CC(=O)c1onc2cnc(C(F)(F)F)nc12. The van der Waals surface area contributed by atoms with Crippen molar-refractivity contribution in [3.63, 3.8) is 0 Å². The number of halogens is 3. The van der Waals surface area contributed by atoms with Gasteiger partial charge in [0.15, 0.2) is 11.3 Å². The van der Waals surface area contributed by atoms with Crippen molar-refractivity contribution in [1.82, 2.24) is 15.1 Å². The molecule has 2 heterocycles. The van der Waals surface area contributed by atoms with Gasteiger partial charge in [-0.2, -0.15) is 13.2 Å². The molecule has 0 atom stereocenters. The molecule has 2 aromatic heterocycles. The Hall–Kier alpha value is -1.99. The molecular formula is C8H4F3N3O2. The van der Waals surface area contributed by atoms with E-state index in [9.17, 15) is 18.0 Å². The Morgan fingerprint density at radius 1 is 1.44 bits per heavy atom. The van der Waals surface area contributed by atoms with Crippen molar-refractivity contribution in [3.8, 4) is 0 Å². The second-order valence-corrected chi connectivity index (χ2v) is 2.99. The average molecular weight is 231 g/mol. The van der Waals surface area contributed by atoms with E-state index in [-0.39, 0.29) is 16.8 Å². The molecule has 0 fully saturated rings. The zero-order valence-corrected chi connectivity index (χ0v) is 7.87. The van der Waals surface area contributed by atoms with E-state index in [1.807, 2.05) is 0 Å². The molecule has 0 amide bonds. The van der Waals surface area contributed by atoms with Crippen LogP contribution in [-0.2, 0) is 6.18 Å². The second kappa shape index (κ2) is 3.26. The first-order valence-corrected chi connectivity index (χ1v) is 4.10. The van der Waals surface area contributed by atoms with Crippen LogP contribution in [0.25, 0.3) is 11.0 Å². The van der Waals surface area contributed by atoms with Crippen LogP contribution in [0.2, 0.25) is 0 Å². The number of hydrogen-bond acceptors (Lipinski definition) is 5. The number of carbonyl (C=O) groups is 1. The Morgan fingerprint density at radius 2 is 2.12 bits per heavy atom. The first-order chi connectivity index (χ1) is 7.39. The number of Topliss-reactive ketones (excluding diaryl/α,β-unsaturated/α-hetero) is 1. The van der Waals surface area contributed by atoms with E-state index in [0.717, 1.165) is 13.1 Å². The molecule has 0 saturated heterocycles. The van der Waals surface area contributed by atoms with Gasteiger partial charge in [0.05, 0.1) is 6.20 Å². The molecule has 0 spiro atoms. The van der Waals surface area contributed by atoms with Crippen LogP contribution in [-0.4, -0.2) is 20.9 Å². The molecule has 0 aliphatic heterocycles. The van der Waals surface area contributed by atoms with Crippen molar-refractivity contribution in [2.45, 2.75) is 13.1 Å². The molecule has 0 aromatic carbocycles. The number of fused-ring (bicyclic) bond motifs is 1. The third-order valence-electron chi connectivity index (χ3n) is 1.79. The maximum Gasteiger partial charge on any atom is 0.451 e. The molecule has 16 heavy (non-hydrogen) atoms. The van der Waals surface area contributed by atoms with Crippen LogP contribution in [0.3, 0.4) is 0 Å². The number of alkyl halides is 3. The minimum atomic E-state index is -4.67. The van der Waals surface area contributed by atoms with E-state index in [0.29, 0.717) is 0 Å². The molecule has 2 rings (SSSR count). The van der Waals surface area contributed by atoms with E-state index in [2.05, 4.69) is 19.6 Å². The summed E-state index contributed by atoms with van der Waals surface area (Å²) in [7, 11) is 0. The molecule has 0 saturated carbocycles. The first-order valence-electron chi connectivity index (χ1n) is 4.10. The molecule has 84 valence electrons. The summed E-state index contributed by atoms with van der Waals surface area (Å²) in [4.78, 5) is 17.3. The lowest BCUT2D eigenvalue weighted by atomic mass is 10.3. The predicted octanol–water partition coefficient (Wildman–Crippen LogP) is 1.84. The highest BCUT2D eigenvalue weighted by Gasteiger charge is 2.35. The van der Waals surface area contributed by atoms with Gasteiger partial charge in [-0.05, 0) is 0 Å². The molecular weight excluding hydrogens is 227 g/mol. The van der Waals surface area contributed by atoms with Crippen molar-refractivity contribution < 1.29 is 22.5 Å². The number of aromatic nitrogens is 3. The minimum Gasteiger partial charge on any atom is -0.350 e. The Balaban J connectivity index is 2.68. The highest BCUT2D eigenvalue weighted by atomic mass is 19.4. The highest BCUT2D eigenvalue weighted by Crippen LogP contribution is 2.27. The standard InChI is InChI=1S/C8H4F3N3O2/c1-3(15)6-5-4(14-16-6)2-12-7(13-5)8(9,10)11/h2H,1H3. The lowest BCUT2D eigenvalue weighted by Gasteiger charge is -2.02. The van der Waals surface area contributed by atoms with E-state index in [4.69, 9.17) is 0 Å². The molecule has 0 radical (unpaired) electrons. The summed E-state index contributed by atoms with van der Waals surface area (Å²) < 4.78 is 41.5. The van der Waals surface area contributed by atoms with Crippen LogP contribution in [0, 0.1) is 0 Å². The van der Waals surface area contributed by atoms with Crippen molar-refractivity contribution in [2.75, 3.05) is 0 Å². The smallest absolute Gasteiger partial charge is 0.350 e. The fourth-order valence-corrected chi connectivity index (χ4v) is 1.12. The zero-order valence-electron chi connectivity index (χ0n) is 7.87. The summed E-state index contributed by atoms with van der Waals surface area (Å²) >= 11 is 0. The highest BCUT2D eigenvalue weighted by molar-refractivity contribution is 6.01. The summed E-state index contributed by atoms with van der Waals surface area (Å²) in [6, 6.07) is 0. The Labute approximate surface area is 86.3 Å². The van der Waals surface area contributed by atoms with Crippen LogP contribution in [0.5, 0.6) is 0 Å². The van der Waals surface area contributed by atoms with Crippen molar-refractivity contribution in [2.24, 2.45) is 0 Å². The van der Waals surface area contributed by atoms with E-state index in [1.54, 1.807) is 0 Å². The molecule has 0 N–H and O–H groups in total. The van der Waals surface area contributed by atoms with Gasteiger partial charge in [0.25, 0.3) is 0 Å². The topological polar surface area (TPSA) is 68.9 Å². The van der Waals surface area contributed by atoms with Gasteiger partial charge < -0.3 is 4.52 Å².